The lowest BCUT2D eigenvalue weighted by Crippen LogP contribution is -2.47. The average Bonchev–Trinajstić information content (AvgIpc) is 3.24. The number of hydrogen-bond donors (Lipinski definition) is 3. The minimum Gasteiger partial charge on any atom is -0.352 e. The number of fused-ring (bicyclic) bond motifs is 1. The molecule has 2 aliphatic heterocycles. The third kappa shape index (κ3) is 4.99. The zero-order chi connectivity index (χ0) is 22.8. The van der Waals surface area contributed by atoms with Crippen molar-refractivity contribution in [2.75, 3.05) is 19.6 Å². The normalized spacial score (nSPS) is 19.5. The van der Waals surface area contributed by atoms with Crippen LogP contribution in [0, 0.1) is 0 Å². The van der Waals surface area contributed by atoms with Gasteiger partial charge >= 0.3 is 0 Å². The highest BCUT2D eigenvalue weighted by Gasteiger charge is 2.32. The lowest BCUT2D eigenvalue weighted by Gasteiger charge is -2.30. The van der Waals surface area contributed by atoms with Crippen LogP contribution < -0.4 is 16.0 Å². The second-order valence-corrected chi connectivity index (χ2v) is 9.15. The smallest absolute Gasteiger partial charge is 0.268 e. The number of aromatic nitrogens is 1. The third-order valence-electron chi connectivity index (χ3n) is 6.40. The second kappa shape index (κ2) is 10.6. The van der Waals surface area contributed by atoms with Gasteiger partial charge in [0.2, 0.25) is 5.91 Å². The van der Waals surface area contributed by atoms with Gasteiger partial charge in [-0.3, -0.25) is 9.59 Å². The van der Waals surface area contributed by atoms with Crippen LogP contribution in [-0.2, 0) is 4.79 Å². The molecule has 1 saturated heterocycles. The van der Waals surface area contributed by atoms with Gasteiger partial charge in [-0.25, -0.2) is 0 Å². The first-order chi connectivity index (χ1) is 16.1. The first-order valence-electron chi connectivity index (χ1n) is 11.4. The Balaban J connectivity index is 0.00000274. The van der Waals surface area contributed by atoms with Gasteiger partial charge in [0.1, 0.15) is 5.69 Å². The van der Waals surface area contributed by atoms with E-state index in [0.29, 0.717) is 23.7 Å². The fourth-order valence-corrected chi connectivity index (χ4v) is 5.07. The molecule has 34 heavy (non-hydrogen) atoms. The van der Waals surface area contributed by atoms with E-state index in [1.807, 2.05) is 65.2 Å². The first-order valence-corrected chi connectivity index (χ1v) is 11.8. The minimum atomic E-state index is -0.183. The lowest BCUT2D eigenvalue weighted by atomic mass is 10.0. The van der Waals surface area contributed by atoms with Gasteiger partial charge < -0.3 is 20.5 Å². The van der Waals surface area contributed by atoms with Crippen molar-refractivity contribution in [3.63, 3.8) is 0 Å². The maximum Gasteiger partial charge on any atom is 0.268 e. The molecule has 0 bridgehead atoms. The lowest BCUT2D eigenvalue weighted by molar-refractivity contribution is -0.122. The summed E-state index contributed by atoms with van der Waals surface area (Å²) in [4.78, 5) is 25.8. The summed E-state index contributed by atoms with van der Waals surface area (Å²) in [5.41, 5.74) is 4.35. The predicted molar refractivity (Wildman–Crippen MR) is 138 cm³/mol. The van der Waals surface area contributed by atoms with E-state index in [2.05, 4.69) is 16.0 Å². The van der Waals surface area contributed by atoms with Crippen LogP contribution in [0.2, 0.25) is 5.02 Å². The van der Waals surface area contributed by atoms with Crippen molar-refractivity contribution in [1.82, 2.24) is 20.5 Å². The quantitative estimate of drug-likeness (QED) is 0.486. The molecule has 2 aliphatic rings. The number of hydrogen-bond acceptors (Lipinski definition) is 3. The van der Waals surface area contributed by atoms with E-state index in [9.17, 15) is 9.59 Å². The van der Waals surface area contributed by atoms with E-state index < -0.39 is 0 Å². The Labute approximate surface area is 210 Å². The summed E-state index contributed by atoms with van der Waals surface area (Å²) in [5, 5.41) is 10.1. The number of benzene rings is 2. The molecule has 0 radical (unpaired) electrons. The van der Waals surface area contributed by atoms with Gasteiger partial charge in [-0.15, -0.1) is 12.4 Å². The molecule has 6 nitrogen and oxygen atoms in total. The molecule has 0 spiro atoms. The number of nitrogens with one attached hydrogen (secondary N) is 3. The van der Waals surface area contributed by atoms with Crippen LogP contribution in [0.3, 0.4) is 0 Å². The first kappa shape index (κ1) is 24.3. The van der Waals surface area contributed by atoms with Crippen molar-refractivity contribution in [2.24, 2.45) is 0 Å². The standard InChI is InChI=1S/C26H27ClN4O2.ClH/c27-19-9-4-8-18(12-19)22-14-23-26(33)29-16-21(13-24(32)30-20-10-5-11-28-15-20)31(23)25(22)17-6-2-1-3-7-17;/h1-4,6-9,12,14,20-21,28H,5,10-11,13,15-16H2,(H,29,33)(H,30,32);1H/t20-,21+;/m1./s1. The highest BCUT2D eigenvalue weighted by Crippen LogP contribution is 2.39. The summed E-state index contributed by atoms with van der Waals surface area (Å²) in [7, 11) is 0. The topological polar surface area (TPSA) is 75.2 Å². The Hall–Kier alpha value is -2.80. The van der Waals surface area contributed by atoms with Crippen molar-refractivity contribution in [2.45, 2.75) is 31.3 Å². The van der Waals surface area contributed by atoms with Crippen molar-refractivity contribution in [3.05, 3.63) is 71.4 Å². The molecule has 3 N–H and O–H groups in total. The number of piperidine rings is 1. The molecule has 3 heterocycles. The van der Waals surface area contributed by atoms with Crippen LogP contribution in [0.5, 0.6) is 0 Å². The SMILES string of the molecule is Cl.O=C(C[C@H]1CNC(=O)c2cc(-c3cccc(Cl)c3)c(-c3ccccc3)n21)N[C@@H]1CCCNC1. The number of carbonyl (C=O) groups is 2. The molecule has 1 fully saturated rings. The highest BCUT2D eigenvalue weighted by molar-refractivity contribution is 6.30. The maximum absolute atomic E-state index is 13.0. The van der Waals surface area contributed by atoms with E-state index in [-0.39, 0.29) is 36.3 Å². The molecular formula is C26H28Cl2N4O2. The summed E-state index contributed by atoms with van der Waals surface area (Å²) in [6.07, 6.45) is 2.35. The monoisotopic (exact) mass is 498 g/mol. The van der Waals surface area contributed by atoms with Crippen LogP contribution in [0.25, 0.3) is 22.4 Å². The Bertz CT molecular complexity index is 1170. The second-order valence-electron chi connectivity index (χ2n) is 8.72. The molecule has 2 amide bonds. The fraction of sp³-hybridized carbons (Fsp3) is 0.308. The number of carbonyl (C=O) groups excluding carboxylic acids is 2. The zero-order valence-corrected chi connectivity index (χ0v) is 20.3. The van der Waals surface area contributed by atoms with E-state index in [1.165, 1.54) is 0 Å². The number of rotatable bonds is 5. The highest BCUT2D eigenvalue weighted by atomic mass is 35.5. The molecule has 5 rings (SSSR count). The Morgan fingerprint density at radius 3 is 2.59 bits per heavy atom. The fourth-order valence-electron chi connectivity index (χ4n) is 4.88. The average molecular weight is 499 g/mol. The molecule has 0 aliphatic carbocycles. The Morgan fingerprint density at radius 1 is 1.06 bits per heavy atom. The summed E-state index contributed by atoms with van der Waals surface area (Å²) in [5.74, 6) is -0.124. The van der Waals surface area contributed by atoms with Crippen LogP contribution in [0.4, 0.5) is 0 Å². The van der Waals surface area contributed by atoms with Crippen molar-refractivity contribution in [1.29, 1.82) is 0 Å². The Morgan fingerprint density at radius 2 is 1.85 bits per heavy atom. The van der Waals surface area contributed by atoms with Gasteiger partial charge in [-0.2, -0.15) is 0 Å². The van der Waals surface area contributed by atoms with Crippen molar-refractivity contribution in [3.8, 4) is 22.4 Å². The molecule has 3 aromatic rings. The van der Waals surface area contributed by atoms with E-state index in [1.54, 1.807) is 0 Å². The molecule has 1 aromatic heterocycles. The van der Waals surface area contributed by atoms with Gasteiger partial charge in [0.15, 0.2) is 0 Å². The number of amides is 2. The molecule has 8 heteroatoms. The van der Waals surface area contributed by atoms with Crippen LogP contribution >= 0.6 is 24.0 Å². The molecule has 0 saturated carbocycles. The summed E-state index contributed by atoms with van der Waals surface area (Å²) in [6, 6.07) is 19.5. The minimum absolute atomic E-state index is 0. The molecular weight excluding hydrogens is 471 g/mol. The largest absolute Gasteiger partial charge is 0.352 e. The van der Waals surface area contributed by atoms with Crippen molar-refractivity contribution >= 4 is 35.8 Å². The van der Waals surface area contributed by atoms with Gasteiger partial charge in [0.25, 0.3) is 5.91 Å². The van der Waals surface area contributed by atoms with Gasteiger partial charge in [0.05, 0.1) is 11.7 Å². The summed E-state index contributed by atoms with van der Waals surface area (Å²) < 4.78 is 2.04. The summed E-state index contributed by atoms with van der Waals surface area (Å²) >= 11 is 6.29. The van der Waals surface area contributed by atoms with Gasteiger partial charge in [0, 0.05) is 36.1 Å². The predicted octanol–water partition coefficient (Wildman–Crippen LogP) is 4.44. The van der Waals surface area contributed by atoms with E-state index in [4.69, 9.17) is 11.6 Å². The summed E-state index contributed by atoms with van der Waals surface area (Å²) in [6.45, 7) is 2.21. The van der Waals surface area contributed by atoms with Crippen molar-refractivity contribution < 1.29 is 9.59 Å². The molecule has 178 valence electrons. The Kier molecular flexibility index (Phi) is 7.61. The molecule has 2 atom stereocenters. The zero-order valence-electron chi connectivity index (χ0n) is 18.7. The number of nitrogens with zero attached hydrogens (tertiary/aromatic N) is 1. The molecule has 2 aromatic carbocycles. The third-order valence-corrected chi connectivity index (χ3v) is 6.63. The van der Waals surface area contributed by atoms with Crippen LogP contribution in [-0.4, -0.2) is 42.1 Å². The van der Waals surface area contributed by atoms with Crippen LogP contribution in [0.15, 0.2) is 60.7 Å². The molecule has 0 unspecified atom stereocenters. The number of halogens is 2. The van der Waals surface area contributed by atoms with Gasteiger partial charge in [-0.1, -0.05) is 54.1 Å². The van der Waals surface area contributed by atoms with E-state index in [0.717, 1.165) is 48.3 Å². The van der Waals surface area contributed by atoms with E-state index >= 15 is 0 Å². The van der Waals surface area contributed by atoms with Gasteiger partial charge in [-0.05, 0) is 48.7 Å². The van der Waals surface area contributed by atoms with Crippen LogP contribution in [0.1, 0.15) is 35.8 Å². The maximum atomic E-state index is 13.0.